The maximum absolute atomic E-state index is 9.58. The van der Waals surface area contributed by atoms with Crippen molar-refractivity contribution in [2.24, 2.45) is 0 Å². The molecule has 2 aromatic rings. The molecule has 88 valence electrons. The van der Waals surface area contributed by atoms with Gasteiger partial charge >= 0.3 is 12.0 Å². The van der Waals surface area contributed by atoms with Gasteiger partial charge in [0.25, 0.3) is 5.69 Å². The van der Waals surface area contributed by atoms with Crippen molar-refractivity contribution in [3.63, 3.8) is 0 Å². The average Bonchev–Trinajstić information content (AvgIpc) is 2.93. The van der Waals surface area contributed by atoms with Crippen molar-refractivity contribution in [1.29, 1.82) is 0 Å². The lowest BCUT2D eigenvalue weighted by Gasteiger charge is -1.99. The lowest BCUT2D eigenvalue weighted by atomic mass is 10.2. The Hall–Kier alpha value is -1.97. The molecule has 1 N–H and O–H groups in total. The number of aromatic nitrogens is 1. The third-order valence-electron chi connectivity index (χ3n) is 2.98. The Balaban J connectivity index is 1.76. The van der Waals surface area contributed by atoms with E-state index in [1.807, 2.05) is 34.9 Å². The fraction of sp³-hybridized carbons (Fsp3) is 0.308. The molecule has 0 saturated carbocycles. The van der Waals surface area contributed by atoms with E-state index in [2.05, 4.69) is 0 Å². The van der Waals surface area contributed by atoms with Gasteiger partial charge in [-0.2, -0.15) is 0 Å². The predicted octanol–water partition coefficient (Wildman–Crippen LogP) is 1.80. The first-order valence-corrected chi connectivity index (χ1v) is 5.76. The van der Waals surface area contributed by atoms with E-state index >= 15 is 0 Å². The summed E-state index contributed by atoms with van der Waals surface area (Å²) in [6.07, 6.45) is 2.28. The summed E-state index contributed by atoms with van der Waals surface area (Å²) >= 11 is 0. The molecule has 17 heavy (non-hydrogen) atoms. The van der Waals surface area contributed by atoms with Gasteiger partial charge in [0.1, 0.15) is 6.61 Å². The molecule has 0 atom stereocenters. The minimum absolute atomic E-state index is 0.00874. The van der Waals surface area contributed by atoms with Gasteiger partial charge in [-0.05, 0) is 5.56 Å². The van der Waals surface area contributed by atoms with Crippen molar-refractivity contribution >= 4 is 0 Å². The number of nitrogens with zero attached hydrogens (tertiary/aromatic N) is 1. The SMILES string of the molecule is Oc1oc(OCc2ccccc2)[n+]2c1CCC2. The van der Waals surface area contributed by atoms with Crippen molar-refractivity contribution in [1.82, 2.24) is 0 Å². The first-order valence-electron chi connectivity index (χ1n) is 5.76. The summed E-state index contributed by atoms with van der Waals surface area (Å²) in [6.45, 7) is 1.30. The van der Waals surface area contributed by atoms with E-state index in [-0.39, 0.29) is 5.95 Å². The minimum Gasteiger partial charge on any atom is -0.476 e. The zero-order valence-corrected chi connectivity index (χ0v) is 9.43. The van der Waals surface area contributed by atoms with Gasteiger partial charge in [0.2, 0.25) is 0 Å². The smallest absolute Gasteiger partial charge is 0.476 e. The number of fused-ring (bicyclic) bond motifs is 1. The quantitative estimate of drug-likeness (QED) is 0.821. The Morgan fingerprint density at radius 3 is 2.94 bits per heavy atom. The number of hydrogen-bond donors (Lipinski definition) is 1. The van der Waals surface area contributed by atoms with Crippen LogP contribution < -0.4 is 9.30 Å². The number of aromatic hydroxyl groups is 1. The molecule has 1 aliphatic rings. The molecule has 1 aliphatic heterocycles. The van der Waals surface area contributed by atoms with Gasteiger partial charge in [0.15, 0.2) is 6.54 Å². The Kier molecular flexibility index (Phi) is 2.48. The third kappa shape index (κ3) is 1.86. The molecule has 0 saturated heterocycles. The Morgan fingerprint density at radius 2 is 2.12 bits per heavy atom. The molecule has 0 spiro atoms. The number of ether oxygens (including phenoxy) is 1. The van der Waals surface area contributed by atoms with Gasteiger partial charge in [0.05, 0.1) is 0 Å². The summed E-state index contributed by atoms with van der Waals surface area (Å²) in [5.74, 6) is -0.00874. The predicted molar refractivity (Wildman–Crippen MR) is 59.7 cm³/mol. The van der Waals surface area contributed by atoms with Crippen LogP contribution in [0.5, 0.6) is 12.0 Å². The Labute approximate surface area is 99.1 Å². The second kappa shape index (κ2) is 4.13. The van der Waals surface area contributed by atoms with Gasteiger partial charge in [-0.3, -0.25) is 0 Å². The van der Waals surface area contributed by atoms with Gasteiger partial charge in [-0.1, -0.05) is 30.3 Å². The van der Waals surface area contributed by atoms with Crippen molar-refractivity contribution < 1.29 is 18.8 Å². The summed E-state index contributed by atoms with van der Waals surface area (Å²) in [7, 11) is 0. The summed E-state index contributed by atoms with van der Waals surface area (Å²) < 4.78 is 12.7. The molecular formula is C13H14NO3+. The molecule has 2 heterocycles. The zero-order chi connectivity index (χ0) is 11.7. The largest absolute Gasteiger partial charge is 0.563 e. The highest BCUT2D eigenvalue weighted by molar-refractivity contribution is 5.14. The first kappa shape index (κ1) is 10.2. The molecule has 4 nitrogen and oxygen atoms in total. The van der Waals surface area contributed by atoms with Crippen LogP contribution in [0.2, 0.25) is 0 Å². The first-order chi connectivity index (χ1) is 8.34. The second-order valence-electron chi connectivity index (χ2n) is 4.15. The van der Waals surface area contributed by atoms with Crippen molar-refractivity contribution in [3.8, 4) is 12.0 Å². The van der Waals surface area contributed by atoms with Crippen LogP contribution in [-0.2, 0) is 19.6 Å². The van der Waals surface area contributed by atoms with Crippen LogP contribution in [0.4, 0.5) is 0 Å². The fourth-order valence-corrected chi connectivity index (χ4v) is 2.12. The molecular weight excluding hydrogens is 218 g/mol. The maximum Gasteiger partial charge on any atom is 0.563 e. The number of benzene rings is 1. The van der Waals surface area contributed by atoms with E-state index in [0.29, 0.717) is 12.7 Å². The van der Waals surface area contributed by atoms with Crippen LogP contribution >= 0.6 is 0 Å². The zero-order valence-electron chi connectivity index (χ0n) is 9.43. The molecule has 0 unspecified atom stereocenters. The van der Waals surface area contributed by atoms with E-state index in [1.165, 1.54) is 0 Å². The normalized spacial score (nSPS) is 13.6. The van der Waals surface area contributed by atoms with Crippen molar-refractivity contribution in [2.75, 3.05) is 0 Å². The average molecular weight is 232 g/mol. The molecule has 4 heteroatoms. The fourth-order valence-electron chi connectivity index (χ4n) is 2.12. The molecule has 0 fully saturated rings. The van der Waals surface area contributed by atoms with Crippen LogP contribution in [0, 0.1) is 0 Å². The highest BCUT2D eigenvalue weighted by Crippen LogP contribution is 2.26. The van der Waals surface area contributed by atoms with Gasteiger partial charge < -0.3 is 14.3 Å². The summed E-state index contributed by atoms with van der Waals surface area (Å²) in [4.78, 5) is 0. The van der Waals surface area contributed by atoms with Crippen molar-refractivity contribution in [2.45, 2.75) is 26.0 Å². The summed E-state index contributed by atoms with van der Waals surface area (Å²) in [5.41, 5.74) is 1.92. The van der Waals surface area contributed by atoms with E-state index < -0.39 is 0 Å². The molecule has 3 rings (SSSR count). The number of rotatable bonds is 3. The summed E-state index contributed by atoms with van der Waals surface area (Å²) in [6, 6.07) is 9.89. The van der Waals surface area contributed by atoms with E-state index in [0.717, 1.165) is 30.6 Å². The lowest BCUT2D eigenvalue weighted by Crippen LogP contribution is -2.32. The highest BCUT2D eigenvalue weighted by Gasteiger charge is 2.34. The number of oxazole rings is 1. The topological polar surface area (TPSA) is 46.5 Å². The van der Waals surface area contributed by atoms with Crippen molar-refractivity contribution in [3.05, 3.63) is 41.6 Å². The van der Waals surface area contributed by atoms with E-state index in [1.54, 1.807) is 0 Å². The third-order valence-corrected chi connectivity index (χ3v) is 2.98. The van der Waals surface area contributed by atoms with Gasteiger partial charge in [0, 0.05) is 12.8 Å². The van der Waals surface area contributed by atoms with Gasteiger partial charge in [-0.15, -0.1) is 4.57 Å². The second-order valence-corrected chi connectivity index (χ2v) is 4.15. The maximum atomic E-state index is 9.58. The Morgan fingerprint density at radius 1 is 1.29 bits per heavy atom. The highest BCUT2D eigenvalue weighted by atomic mass is 16.6. The monoisotopic (exact) mass is 232 g/mol. The van der Waals surface area contributed by atoms with E-state index in [4.69, 9.17) is 9.15 Å². The standard InChI is InChI=1S/C13H13NO3/c15-12-11-7-4-8-14(11)13(17-12)16-9-10-5-2-1-3-6-10/h1-3,5-6H,4,7-9H2/p+1. The van der Waals surface area contributed by atoms with Crippen LogP contribution in [0.15, 0.2) is 34.7 Å². The minimum atomic E-state index is -0.00874. The summed E-state index contributed by atoms with van der Waals surface area (Å²) in [5, 5.41) is 9.58. The molecule has 0 bridgehead atoms. The van der Waals surface area contributed by atoms with Crippen LogP contribution in [0.1, 0.15) is 17.7 Å². The molecule has 1 aromatic heterocycles. The van der Waals surface area contributed by atoms with Crippen LogP contribution in [-0.4, -0.2) is 5.11 Å². The van der Waals surface area contributed by atoms with Crippen LogP contribution in [0.25, 0.3) is 0 Å². The van der Waals surface area contributed by atoms with E-state index in [9.17, 15) is 5.11 Å². The Bertz CT molecular complexity index is 519. The molecule has 0 aliphatic carbocycles. The van der Waals surface area contributed by atoms with Crippen LogP contribution in [0.3, 0.4) is 0 Å². The number of hydrogen-bond acceptors (Lipinski definition) is 3. The van der Waals surface area contributed by atoms with Gasteiger partial charge in [-0.25, -0.2) is 0 Å². The molecule has 1 aromatic carbocycles. The lowest BCUT2D eigenvalue weighted by molar-refractivity contribution is -0.699. The molecule has 0 radical (unpaired) electrons. The molecule has 0 amide bonds.